The van der Waals surface area contributed by atoms with E-state index < -0.39 is 11.4 Å². The highest BCUT2D eigenvalue weighted by Crippen LogP contribution is 2.40. The maximum Gasteiger partial charge on any atom is 0.303 e. The van der Waals surface area contributed by atoms with Gasteiger partial charge in [-0.2, -0.15) is 0 Å². The Hall–Kier alpha value is -1.55. The Kier molecular flexibility index (Phi) is 5.83. The number of hydrogen-bond donors (Lipinski definition) is 2. The van der Waals surface area contributed by atoms with Gasteiger partial charge in [-0.05, 0) is 37.0 Å². The number of amides is 1. The van der Waals surface area contributed by atoms with E-state index in [0.29, 0.717) is 18.0 Å². The predicted octanol–water partition coefficient (Wildman–Crippen LogP) is 3.52. The molecular weight excluding hydrogens is 302 g/mol. The molecule has 0 aliphatic heterocycles. The van der Waals surface area contributed by atoms with Gasteiger partial charge in [0.15, 0.2) is 0 Å². The average molecular weight is 324 g/mol. The highest BCUT2D eigenvalue weighted by atomic mass is 35.5. The number of carbonyl (C=O) groups is 2. The van der Waals surface area contributed by atoms with Crippen LogP contribution in [0.5, 0.6) is 0 Å². The topological polar surface area (TPSA) is 66.4 Å². The van der Waals surface area contributed by atoms with Crippen molar-refractivity contribution in [2.45, 2.75) is 50.4 Å². The van der Waals surface area contributed by atoms with Crippen LogP contribution in [0, 0.1) is 0 Å². The number of rotatable bonds is 6. The van der Waals surface area contributed by atoms with Gasteiger partial charge in [0.25, 0.3) is 0 Å². The van der Waals surface area contributed by atoms with Crippen LogP contribution in [0.25, 0.3) is 0 Å². The fourth-order valence-electron chi connectivity index (χ4n) is 3.18. The van der Waals surface area contributed by atoms with E-state index in [-0.39, 0.29) is 12.3 Å². The first-order valence-corrected chi connectivity index (χ1v) is 8.18. The van der Waals surface area contributed by atoms with Crippen LogP contribution in [0.1, 0.15) is 50.5 Å². The lowest BCUT2D eigenvalue weighted by Gasteiger charge is -2.36. The molecule has 22 heavy (non-hydrogen) atoms. The molecule has 0 heterocycles. The third-order valence-corrected chi connectivity index (χ3v) is 4.64. The summed E-state index contributed by atoms with van der Waals surface area (Å²) in [5.41, 5.74) is 0.513. The fourth-order valence-corrected chi connectivity index (χ4v) is 3.31. The number of aliphatic carboxylic acids is 1. The fraction of sp³-hybridized carbons (Fsp3) is 0.529. The number of carboxylic acids is 1. The SMILES string of the molecule is O=C(O)CCCNC(=O)C1(c2ccc(Cl)cc2)CCCCC1. The molecular formula is C17H22ClNO3. The smallest absolute Gasteiger partial charge is 0.303 e. The quantitative estimate of drug-likeness (QED) is 0.787. The molecule has 1 fully saturated rings. The number of nitrogens with one attached hydrogen (secondary N) is 1. The molecule has 2 rings (SSSR count). The Morgan fingerprint density at radius 1 is 1.14 bits per heavy atom. The normalized spacial score (nSPS) is 17.0. The first-order valence-electron chi connectivity index (χ1n) is 7.81. The third-order valence-electron chi connectivity index (χ3n) is 4.39. The minimum Gasteiger partial charge on any atom is -0.481 e. The van der Waals surface area contributed by atoms with Crippen LogP contribution >= 0.6 is 11.6 Å². The van der Waals surface area contributed by atoms with Crippen molar-refractivity contribution in [1.29, 1.82) is 0 Å². The second-order valence-corrected chi connectivity index (χ2v) is 6.34. The molecule has 2 N–H and O–H groups in total. The molecule has 1 aliphatic carbocycles. The van der Waals surface area contributed by atoms with E-state index in [1.54, 1.807) is 0 Å². The summed E-state index contributed by atoms with van der Waals surface area (Å²) in [5, 5.41) is 12.2. The second-order valence-electron chi connectivity index (χ2n) is 5.90. The summed E-state index contributed by atoms with van der Waals surface area (Å²) in [5.74, 6) is -0.820. The third kappa shape index (κ3) is 4.01. The highest BCUT2D eigenvalue weighted by molar-refractivity contribution is 6.30. The number of benzene rings is 1. The lowest BCUT2D eigenvalue weighted by molar-refractivity contribution is -0.137. The molecule has 120 valence electrons. The van der Waals surface area contributed by atoms with Crippen molar-refractivity contribution in [2.75, 3.05) is 6.54 Å². The second kappa shape index (κ2) is 7.63. The van der Waals surface area contributed by atoms with Crippen LogP contribution in [0.3, 0.4) is 0 Å². The molecule has 0 spiro atoms. The minimum absolute atomic E-state index is 0.0138. The maximum atomic E-state index is 12.8. The highest BCUT2D eigenvalue weighted by Gasteiger charge is 2.40. The molecule has 1 saturated carbocycles. The van der Waals surface area contributed by atoms with Gasteiger partial charge < -0.3 is 10.4 Å². The maximum absolute atomic E-state index is 12.8. The molecule has 1 amide bonds. The molecule has 0 aromatic heterocycles. The molecule has 0 atom stereocenters. The van der Waals surface area contributed by atoms with Gasteiger partial charge >= 0.3 is 5.97 Å². The standard InChI is InChI=1S/C17H22ClNO3/c18-14-8-6-13(7-9-14)17(10-2-1-3-11-17)16(22)19-12-4-5-15(20)21/h6-9H,1-5,10-12H2,(H,19,22)(H,20,21). The van der Waals surface area contributed by atoms with E-state index in [0.717, 1.165) is 37.7 Å². The predicted molar refractivity (Wildman–Crippen MR) is 86.1 cm³/mol. The first kappa shape index (κ1) is 16.8. The van der Waals surface area contributed by atoms with Gasteiger partial charge in [0.05, 0.1) is 5.41 Å². The van der Waals surface area contributed by atoms with Crippen molar-refractivity contribution in [3.05, 3.63) is 34.9 Å². The van der Waals surface area contributed by atoms with Gasteiger partial charge in [-0.15, -0.1) is 0 Å². The van der Waals surface area contributed by atoms with E-state index in [1.807, 2.05) is 24.3 Å². The van der Waals surface area contributed by atoms with Crippen molar-refractivity contribution >= 4 is 23.5 Å². The van der Waals surface area contributed by atoms with Crippen LogP contribution in [-0.4, -0.2) is 23.5 Å². The van der Waals surface area contributed by atoms with Gasteiger partial charge in [0.1, 0.15) is 0 Å². The number of carboxylic acid groups (broad SMARTS) is 1. The van der Waals surface area contributed by atoms with Gasteiger partial charge in [0.2, 0.25) is 5.91 Å². The van der Waals surface area contributed by atoms with E-state index in [9.17, 15) is 9.59 Å². The molecule has 0 saturated heterocycles. The summed E-state index contributed by atoms with van der Waals surface area (Å²) in [6.07, 6.45) is 5.42. The van der Waals surface area contributed by atoms with Crippen molar-refractivity contribution in [3.8, 4) is 0 Å². The molecule has 1 aromatic carbocycles. The Labute approximate surface area is 135 Å². The van der Waals surface area contributed by atoms with Crippen molar-refractivity contribution in [3.63, 3.8) is 0 Å². The lowest BCUT2D eigenvalue weighted by atomic mass is 9.68. The zero-order valence-corrected chi connectivity index (χ0v) is 13.4. The minimum atomic E-state index is -0.834. The first-order chi connectivity index (χ1) is 10.5. The van der Waals surface area contributed by atoms with Crippen molar-refractivity contribution in [2.24, 2.45) is 0 Å². The molecule has 0 bridgehead atoms. The number of halogens is 1. The van der Waals surface area contributed by atoms with Crippen LogP contribution < -0.4 is 5.32 Å². The van der Waals surface area contributed by atoms with Crippen LogP contribution in [-0.2, 0) is 15.0 Å². The van der Waals surface area contributed by atoms with Crippen molar-refractivity contribution < 1.29 is 14.7 Å². The van der Waals surface area contributed by atoms with Gasteiger partial charge in [0, 0.05) is 18.0 Å². The summed E-state index contributed by atoms with van der Waals surface area (Å²) in [6.45, 7) is 0.403. The summed E-state index contributed by atoms with van der Waals surface area (Å²) < 4.78 is 0. The van der Waals surface area contributed by atoms with E-state index in [2.05, 4.69) is 5.32 Å². The van der Waals surface area contributed by atoms with Gasteiger partial charge in [-0.3, -0.25) is 9.59 Å². The van der Waals surface area contributed by atoms with Gasteiger partial charge in [-0.25, -0.2) is 0 Å². The monoisotopic (exact) mass is 323 g/mol. The molecule has 1 aromatic rings. The number of carbonyl (C=O) groups excluding carboxylic acids is 1. The Morgan fingerprint density at radius 3 is 2.36 bits per heavy atom. The molecule has 4 nitrogen and oxygen atoms in total. The Bertz CT molecular complexity index is 521. The molecule has 0 radical (unpaired) electrons. The molecule has 5 heteroatoms. The zero-order chi connectivity index (χ0) is 16.0. The Morgan fingerprint density at radius 2 is 1.77 bits per heavy atom. The summed E-state index contributed by atoms with van der Waals surface area (Å²) in [4.78, 5) is 23.3. The Balaban J connectivity index is 2.09. The summed E-state index contributed by atoms with van der Waals surface area (Å²) in [6, 6.07) is 7.52. The molecule has 0 unspecified atom stereocenters. The summed E-state index contributed by atoms with van der Waals surface area (Å²) in [7, 11) is 0. The van der Waals surface area contributed by atoms with E-state index >= 15 is 0 Å². The van der Waals surface area contributed by atoms with E-state index in [4.69, 9.17) is 16.7 Å². The largest absolute Gasteiger partial charge is 0.481 e. The van der Waals surface area contributed by atoms with Crippen LogP contribution in [0.15, 0.2) is 24.3 Å². The average Bonchev–Trinajstić information content (AvgIpc) is 2.52. The number of hydrogen-bond acceptors (Lipinski definition) is 2. The molecule has 1 aliphatic rings. The van der Waals surface area contributed by atoms with Crippen molar-refractivity contribution in [1.82, 2.24) is 5.32 Å². The van der Waals surface area contributed by atoms with Crippen LogP contribution in [0.2, 0.25) is 5.02 Å². The zero-order valence-electron chi connectivity index (χ0n) is 12.6. The van der Waals surface area contributed by atoms with Gasteiger partial charge in [-0.1, -0.05) is 43.0 Å². The lowest BCUT2D eigenvalue weighted by Crippen LogP contribution is -2.46. The van der Waals surface area contributed by atoms with Crippen LogP contribution in [0.4, 0.5) is 0 Å². The van der Waals surface area contributed by atoms with E-state index in [1.165, 1.54) is 0 Å². The summed E-state index contributed by atoms with van der Waals surface area (Å²) >= 11 is 5.95.